The van der Waals surface area contributed by atoms with Gasteiger partial charge in [-0.3, -0.25) is 9.69 Å². The summed E-state index contributed by atoms with van der Waals surface area (Å²) >= 11 is 0. The summed E-state index contributed by atoms with van der Waals surface area (Å²) in [6.07, 6.45) is 3.50. The summed E-state index contributed by atoms with van der Waals surface area (Å²) in [5.74, 6) is -0.635. The van der Waals surface area contributed by atoms with Crippen LogP contribution in [0.5, 0.6) is 5.75 Å². The van der Waals surface area contributed by atoms with Crippen molar-refractivity contribution in [3.63, 3.8) is 0 Å². The summed E-state index contributed by atoms with van der Waals surface area (Å²) in [5.41, 5.74) is 1.56. The first-order valence-electron chi connectivity index (χ1n) is 10.8. The lowest BCUT2D eigenvalue weighted by atomic mass is 9.78. The van der Waals surface area contributed by atoms with Crippen LogP contribution in [-0.2, 0) is 4.79 Å². The molecule has 0 radical (unpaired) electrons. The highest BCUT2D eigenvalue weighted by Gasteiger charge is 2.55. The van der Waals surface area contributed by atoms with Crippen molar-refractivity contribution in [1.29, 1.82) is 5.26 Å². The molecule has 0 aromatic heterocycles. The molecule has 3 aliphatic rings. The zero-order valence-corrected chi connectivity index (χ0v) is 17.8. The van der Waals surface area contributed by atoms with Crippen LogP contribution in [0.1, 0.15) is 38.7 Å². The largest absolute Gasteiger partial charge is 0.506 e. The summed E-state index contributed by atoms with van der Waals surface area (Å²) in [7, 11) is 0. The fraction of sp³-hybridized carbons (Fsp3) is 0.478. The molecule has 4 N–H and O–H groups in total. The number of nitrogens with one attached hydrogen (secondary N) is 3. The normalized spacial score (nSPS) is 28.5. The van der Waals surface area contributed by atoms with Crippen LogP contribution in [0.3, 0.4) is 0 Å². The van der Waals surface area contributed by atoms with E-state index in [1.807, 2.05) is 19.9 Å². The number of carbonyl (C=O) groups is 1. The van der Waals surface area contributed by atoms with Gasteiger partial charge in [-0.05, 0) is 51.4 Å². The lowest BCUT2D eigenvalue weighted by Gasteiger charge is -2.45. The summed E-state index contributed by atoms with van der Waals surface area (Å²) in [6.45, 7) is 5.89. The molecule has 1 aliphatic carbocycles. The molecule has 1 aromatic rings. The minimum Gasteiger partial charge on any atom is -0.506 e. The van der Waals surface area contributed by atoms with Gasteiger partial charge in [0.1, 0.15) is 23.2 Å². The third-order valence-corrected chi connectivity index (χ3v) is 6.66. The number of fused-ring (bicyclic) bond motifs is 1. The molecule has 8 heteroatoms. The number of aromatic hydroxyl groups is 1. The number of allylic oxidation sites excluding steroid dienone is 2. The van der Waals surface area contributed by atoms with Crippen molar-refractivity contribution < 1.29 is 14.3 Å². The van der Waals surface area contributed by atoms with Gasteiger partial charge in [0, 0.05) is 48.9 Å². The minimum atomic E-state index is -0.839. The molecule has 7 nitrogen and oxygen atoms in total. The molecule has 2 unspecified atom stereocenters. The number of benzene rings is 1. The molecule has 31 heavy (non-hydrogen) atoms. The molecule has 0 bridgehead atoms. The Morgan fingerprint density at radius 3 is 2.97 bits per heavy atom. The van der Waals surface area contributed by atoms with E-state index in [0.29, 0.717) is 18.8 Å². The van der Waals surface area contributed by atoms with Gasteiger partial charge in [-0.25, -0.2) is 4.39 Å². The molecular formula is C23H28FN5O2. The first-order valence-corrected chi connectivity index (χ1v) is 10.8. The van der Waals surface area contributed by atoms with Crippen LogP contribution in [0.25, 0.3) is 0 Å². The Hall–Kier alpha value is -3.05. The molecule has 2 heterocycles. The Kier molecular flexibility index (Phi) is 5.63. The Labute approximate surface area is 181 Å². The zero-order chi connectivity index (χ0) is 22.2. The van der Waals surface area contributed by atoms with Gasteiger partial charge in [-0.2, -0.15) is 5.26 Å². The average Bonchev–Trinajstić information content (AvgIpc) is 3.00. The maximum atomic E-state index is 14.5. The zero-order valence-electron chi connectivity index (χ0n) is 17.8. The lowest BCUT2D eigenvalue weighted by Crippen LogP contribution is -2.59. The van der Waals surface area contributed by atoms with E-state index in [4.69, 9.17) is 5.26 Å². The minimum absolute atomic E-state index is 0.0579. The smallest absolute Gasteiger partial charge is 0.245 e. The maximum Gasteiger partial charge on any atom is 0.245 e. The highest BCUT2D eigenvalue weighted by Crippen LogP contribution is 2.44. The van der Waals surface area contributed by atoms with Crippen LogP contribution in [0.15, 0.2) is 41.5 Å². The number of rotatable bonds is 5. The van der Waals surface area contributed by atoms with Gasteiger partial charge in [0.05, 0.1) is 11.3 Å². The monoisotopic (exact) mass is 425 g/mol. The SMILES string of the molecule is CCNC1=C2NC(=O)C(C)(N3CCC[C@@H](Nc4ccc(C#N)c(O)c4)C3)C2CC(F)=C1. The Balaban J connectivity index is 1.55. The molecule has 2 aliphatic heterocycles. The molecule has 2 fully saturated rings. The number of phenols is 1. The second-order valence-corrected chi connectivity index (χ2v) is 8.58. The number of phenolic OH excluding ortho intramolecular Hbond substituents is 1. The molecule has 4 rings (SSSR count). The van der Waals surface area contributed by atoms with Crippen molar-refractivity contribution in [3.8, 4) is 11.8 Å². The van der Waals surface area contributed by atoms with Gasteiger partial charge in [-0.1, -0.05) is 0 Å². The lowest BCUT2D eigenvalue weighted by molar-refractivity contribution is -0.131. The number of likely N-dealkylation sites (N-methyl/N-ethyl adjacent to an activating group) is 1. The number of amides is 1. The van der Waals surface area contributed by atoms with E-state index in [-0.39, 0.29) is 41.4 Å². The van der Waals surface area contributed by atoms with Crippen molar-refractivity contribution in [1.82, 2.24) is 15.5 Å². The molecule has 1 aromatic carbocycles. The third-order valence-electron chi connectivity index (χ3n) is 6.66. The predicted molar refractivity (Wildman–Crippen MR) is 116 cm³/mol. The number of likely N-dealkylation sites (tertiary alicyclic amines) is 1. The second-order valence-electron chi connectivity index (χ2n) is 8.58. The van der Waals surface area contributed by atoms with Gasteiger partial charge in [-0.15, -0.1) is 0 Å². The number of halogens is 1. The Morgan fingerprint density at radius 2 is 2.26 bits per heavy atom. The van der Waals surface area contributed by atoms with Gasteiger partial charge >= 0.3 is 0 Å². The van der Waals surface area contributed by atoms with Crippen molar-refractivity contribution in [2.75, 3.05) is 25.0 Å². The predicted octanol–water partition coefficient (Wildman–Crippen LogP) is 2.72. The highest BCUT2D eigenvalue weighted by atomic mass is 19.1. The first kappa shape index (κ1) is 21.2. The van der Waals surface area contributed by atoms with Crippen LogP contribution < -0.4 is 16.0 Å². The number of hydrogen-bond donors (Lipinski definition) is 4. The van der Waals surface area contributed by atoms with Crippen LogP contribution >= 0.6 is 0 Å². The average molecular weight is 426 g/mol. The standard InChI is InChI=1S/C23H28FN5O2/c1-3-26-19-10-15(24)9-18-21(19)28-22(31)23(18,2)29-8-4-5-17(13-29)27-16-7-6-14(12-25)20(30)11-16/h6-7,10-11,17-18,26-27,30H,3-5,8-9,13H2,1-2H3,(H,28,31)/t17-,18?,23?/m1/s1. The van der Waals surface area contributed by atoms with E-state index < -0.39 is 5.54 Å². The maximum absolute atomic E-state index is 14.5. The fourth-order valence-electron chi connectivity index (χ4n) is 4.99. The van der Waals surface area contributed by atoms with Crippen LogP contribution in [0.2, 0.25) is 0 Å². The van der Waals surface area contributed by atoms with Crippen molar-refractivity contribution in [2.24, 2.45) is 5.92 Å². The summed E-state index contributed by atoms with van der Waals surface area (Å²) in [6, 6.07) is 6.91. The number of hydrogen-bond acceptors (Lipinski definition) is 6. The van der Waals surface area contributed by atoms with E-state index in [0.717, 1.165) is 30.8 Å². The van der Waals surface area contributed by atoms with Crippen LogP contribution in [0, 0.1) is 17.2 Å². The van der Waals surface area contributed by atoms with E-state index in [1.165, 1.54) is 6.08 Å². The second kappa shape index (κ2) is 8.23. The van der Waals surface area contributed by atoms with Crippen molar-refractivity contribution in [2.45, 2.75) is 44.7 Å². The van der Waals surface area contributed by atoms with Crippen LogP contribution in [-0.4, -0.2) is 47.1 Å². The fourth-order valence-corrected chi connectivity index (χ4v) is 4.99. The molecule has 0 saturated carbocycles. The van der Waals surface area contributed by atoms with Gasteiger partial charge < -0.3 is 21.1 Å². The van der Waals surface area contributed by atoms with Gasteiger partial charge in [0.15, 0.2) is 0 Å². The topological polar surface area (TPSA) is 100 Å². The summed E-state index contributed by atoms with van der Waals surface area (Å²) in [4.78, 5) is 15.3. The molecule has 0 spiro atoms. The molecule has 1 amide bonds. The molecule has 164 valence electrons. The van der Waals surface area contributed by atoms with Gasteiger partial charge in [0.25, 0.3) is 0 Å². The van der Waals surface area contributed by atoms with E-state index in [2.05, 4.69) is 20.9 Å². The van der Waals surface area contributed by atoms with Gasteiger partial charge in [0.2, 0.25) is 5.91 Å². The van der Waals surface area contributed by atoms with E-state index in [1.54, 1.807) is 18.2 Å². The number of nitrogens with zero attached hydrogens (tertiary/aromatic N) is 2. The van der Waals surface area contributed by atoms with E-state index >= 15 is 0 Å². The number of piperidine rings is 1. The number of carbonyl (C=O) groups excluding carboxylic acids is 1. The Morgan fingerprint density at radius 1 is 1.45 bits per heavy atom. The molecule has 3 atom stereocenters. The number of anilines is 1. The number of nitriles is 1. The Bertz CT molecular complexity index is 998. The third kappa shape index (κ3) is 3.74. The first-order chi connectivity index (χ1) is 14.9. The highest BCUT2D eigenvalue weighted by molar-refractivity contribution is 5.92. The van der Waals surface area contributed by atoms with Crippen molar-refractivity contribution >= 4 is 11.6 Å². The molecule has 2 saturated heterocycles. The summed E-state index contributed by atoms with van der Waals surface area (Å²) in [5, 5.41) is 28.6. The quantitative estimate of drug-likeness (QED) is 0.579. The van der Waals surface area contributed by atoms with Crippen LogP contribution in [0.4, 0.5) is 10.1 Å². The summed E-state index contributed by atoms with van der Waals surface area (Å²) < 4.78 is 14.5. The van der Waals surface area contributed by atoms with Crippen molar-refractivity contribution in [3.05, 3.63) is 47.1 Å². The molecular weight excluding hydrogens is 397 g/mol. The van der Waals surface area contributed by atoms with E-state index in [9.17, 15) is 14.3 Å².